The van der Waals surface area contributed by atoms with E-state index in [1.807, 2.05) is 0 Å². The van der Waals surface area contributed by atoms with E-state index in [0.29, 0.717) is 5.75 Å². The van der Waals surface area contributed by atoms with Gasteiger partial charge in [0.1, 0.15) is 11.3 Å². The quantitative estimate of drug-likeness (QED) is 0.690. The molecule has 0 fully saturated rings. The van der Waals surface area contributed by atoms with Crippen molar-refractivity contribution in [2.45, 2.75) is 0 Å². The minimum atomic E-state index is -1.84. The molecule has 0 saturated heterocycles. The number of hydrogen-bond donors (Lipinski definition) is 1. The number of amides is 1. The lowest BCUT2D eigenvalue weighted by Gasteiger charge is -2.11. The highest BCUT2D eigenvalue weighted by Crippen LogP contribution is 2.30. The van der Waals surface area contributed by atoms with Gasteiger partial charge in [-0.25, -0.2) is 8.78 Å². The Labute approximate surface area is 128 Å². The normalized spacial score (nSPS) is 10.3. The van der Waals surface area contributed by atoms with Crippen molar-refractivity contribution in [1.82, 2.24) is 0 Å². The summed E-state index contributed by atoms with van der Waals surface area (Å²) in [6.07, 6.45) is 0. The molecule has 0 bridgehead atoms. The van der Waals surface area contributed by atoms with Crippen molar-refractivity contribution in [3.8, 4) is 11.5 Å². The van der Waals surface area contributed by atoms with E-state index in [9.17, 15) is 22.4 Å². The van der Waals surface area contributed by atoms with Crippen LogP contribution in [-0.2, 0) is 0 Å². The Morgan fingerprint density at radius 1 is 0.870 bits per heavy atom. The maximum atomic E-state index is 13.8. The highest BCUT2D eigenvalue weighted by Gasteiger charge is 2.30. The molecule has 2 rings (SSSR count). The van der Waals surface area contributed by atoms with E-state index in [0.717, 1.165) is 7.11 Å². The van der Waals surface area contributed by atoms with E-state index in [1.54, 1.807) is 0 Å². The second-order valence-electron chi connectivity index (χ2n) is 4.35. The van der Waals surface area contributed by atoms with Crippen molar-refractivity contribution in [2.24, 2.45) is 0 Å². The summed E-state index contributed by atoms with van der Waals surface area (Å²) in [5, 5.41) is 2.13. The van der Waals surface area contributed by atoms with Crippen LogP contribution in [0.15, 0.2) is 24.3 Å². The Balaban J connectivity index is 2.39. The van der Waals surface area contributed by atoms with Crippen molar-refractivity contribution in [2.75, 3.05) is 19.5 Å². The monoisotopic (exact) mass is 329 g/mol. The zero-order valence-corrected chi connectivity index (χ0v) is 12.0. The van der Waals surface area contributed by atoms with E-state index in [-0.39, 0.29) is 5.69 Å². The van der Waals surface area contributed by atoms with Crippen LogP contribution in [0.5, 0.6) is 11.5 Å². The molecular formula is C15H11F4NO3. The molecule has 1 amide bonds. The molecule has 0 saturated carbocycles. The van der Waals surface area contributed by atoms with E-state index in [2.05, 4.69) is 10.1 Å². The third kappa shape index (κ3) is 3.05. The molecule has 23 heavy (non-hydrogen) atoms. The van der Waals surface area contributed by atoms with E-state index in [1.165, 1.54) is 31.4 Å². The first-order valence-electron chi connectivity index (χ1n) is 6.26. The zero-order chi connectivity index (χ0) is 17.1. The fourth-order valence-corrected chi connectivity index (χ4v) is 1.86. The van der Waals surface area contributed by atoms with Gasteiger partial charge >= 0.3 is 0 Å². The molecule has 0 atom stereocenters. The predicted molar refractivity (Wildman–Crippen MR) is 73.8 cm³/mol. The Bertz CT molecular complexity index is 718. The summed E-state index contributed by atoms with van der Waals surface area (Å²) in [6.45, 7) is 0. The molecule has 0 aromatic heterocycles. The largest absolute Gasteiger partial charge is 0.497 e. The first-order chi connectivity index (χ1) is 10.9. The van der Waals surface area contributed by atoms with Gasteiger partial charge in [-0.2, -0.15) is 8.78 Å². The van der Waals surface area contributed by atoms with Crippen molar-refractivity contribution in [1.29, 1.82) is 0 Å². The van der Waals surface area contributed by atoms with Crippen LogP contribution in [0.2, 0.25) is 0 Å². The number of anilines is 1. The van der Waals surface area contributed by atoms with E-state index in [4.69, 9.17) is 4.74 Å². The van der Waals surface area contributed by atoms with Crippen LogP contribution in [0.3, 0.4) is 0 Å². The van der Waals surface area contributed by atoms with Gasteiger partial charge in [0, 0.05) is 5.69 Å². The molecule has 0 spiro atoms. The number of halogens is 4. The summed E-state index contributed by atoms with van der Waals surface area (Å²) in [6, 6.07) is 5.75. The summed E-state index contributed by atoms with van der Waals surface area (Å²) >= 11 is 0. The van der Waals surface area contributed by atoms with Crippen molar-refractivity contribution >= 4 is 11.6 Å². The molecule has 0 radical (unpaired) electrons. The molecule has 0 aliphatic rings. The number of rotatable bonds is 4. The van der Waals surface area contributed by atoms with Gasteiger partial charge in [0.2, 0.25) is 11.6 Å². The highest BCUT2D eigenvalue weighted by atomic mass is 19.2. The van der Waals surface area contributed by atoms with Gasteiger partial charge in [0.15, 0.2) is 17.4 Å². The Morgan fingerprint density at radius 3 is 1.83 bits per heavy atom. The molecule has 0 aliphatic heterocycles. The van der Waals surface area contributed by atoms with Gasteiger partial charge in [-0.3, -0.25) is 4.79 Å². The number of benzene rings is 2. The van der Waals surface area contributed by atoms with Gasteiger partial charge in [-0.1, -0.05) is 0 Å². The molecule has 1 N–H and O–H groups in total. The molecule has 0 aliphatic carbocycles. The number of carbonyl (C=O) groups excluding carboxylic acids is 1. The van der Waals surface area contributed by atoms with E-state index >= 15 is 0 Å². The minimum Gasteiger partial charge on any atom is -0.497 e. The third-order valence-electron chi connectivity index (χ3n) is 3.00. The number of carbonyl (C=O) groups is 1. The number of hydrogen-bond acceptors (Lipinski definition) is 3. The fourth-order valence-electron chi connectivity index (χ4n) is 1.86. The summed E-state index contributed by atoms with van der Waals surface area (Å²) in [5.41, 5.74) is -1.22. The Morgan fingerprint density at radius 2 is 1.39 bits per heavy atom. The number of nitrogens with one attached hydrogen (secondary N) is 1. The molecule has 4 nitrogen and oxygen atoms in total. The average Bonchev–Trinajstić information content (AvgIpc) is 2.54. The lowest BCUT2D eigenvalue weighted by molar-refractivity contribution is 0.101. The maximum absolute atomic E-state index is 13.8. The van der Waals surface area contributed by atoms with Crippen LogP contribution in [-0.4, -0.2) is 20.1 Å². The smallest absolute Gasteiger partial charge is 0.261 e. The summed E-state index contributed by atoms with van der Waals surface area (Å²) in [7, 11) is 2.28. The van der Waals surface area contributed by atoms with Gasteiger partial charge in [0.05, 0.1) is 14.2 Å². The summed E-state index contributed by atoms with van der Waals surface area (Å²) < 4.78 is 64.0. The molecule has 0 unspecified atom stereocenters. The second kappa shape index (κ2) is 6.55. The van der Waals surface area contributed by atoms with Gasteiger partial charge in [-0.05, 0) is 24.3 Å². The second-order valence-corrected chi connectivity index (χ2v) is 4.35. The van der Waals surface area contributed by atoms with Crippen LogP contribution < -0.4 is 14.8 Å². The van der Waals surface area contributed by atoms with Crippen molar-refractivity contribution in [3.63, 3.8) is 0 Å². The van der Waals surface area contributed by atoms with E-state index < -0.39 is 40.5 Å². The summed E-state index contributed by atoms with van der Waals surface area (Å²) in [5.74, 6) is -9.34. The molecule has 122 valence electrons. The minimum absolute atomic E-state index is 0.159. The van der Waals surface area contributed by atoms with Crippen LogP contribution in [0.4, 0.5) is 23.2 Å². The molecule has 0 heterocycles. The van der Waals surface area contributed by atoms with Gasteiger partial charge < -0.3 is 14.8 Å². The van der Waals surface area contributed by atoms with Gasteiger partial charge in [0.25, 0.3) is 5.91 Å². The maximum Gasteiger partial charge on any atom is 0.261 e. The van der Waals surface area contributed by atoms with Gasteiger partial charge in [-0.15, -0.1) is 0 Å². The Hall–Kier alpha value is -2.77. The molecule has 8 heteroatoms. The third-order valence-corrected chi connectivity index (χ3v) is 3.00. The SMILES string of the molecule is COc1ccc(NC(=O)c2c(F)c(F)c(OC)c(F)c2F)cc1. The fraction of sp³-hybridized carbons (Fsp3) is 0.133. The lowest BCUT2D eigenvalue weighted by atomic mass is 10.1. The topological polar surface area (TPSA) is 47.6 Å². The summed E-state index contributed by atoms with van der Waals surface area (Å²) in [4.78, 5) is 11.9. The molecular weight excluding hydrogens is 318 g/mol. The van der Waals surface area contributed by atoms with Crippen molar-refractivity contribution < 1.29 is 31.8 Å². The predicted octanol–water partition coefficient (Wildman–Crippen LogP) is 3.51. The van der Waals surface area contributed by atoms with Crippen LogP contribution in [0.1, 0.15) is 10.4 Å². The average molecular weight is 329 g/mol. The lowest BCUT2D eigenvalue weighted by Crippen LogP contribution is -2.18. The molecule has 2 aromatic rings. The molecule has 2 aromatic carbocycles. The number of methoxy groups -OCH3 is 2. The standard InChI is InChI=1S/C15H11F4NO3/c1-22-8-5-3-7(4-6-8)20-15(21)9-10(16)12(18)14(23-2)13(19)11(9)17/h3-6H,1-2H3,(H,20,21). The zero-order valence-electron chi connectivity index (χ0n) is 12.0. The highest BCUT2D eigenvalue weighted by molar-refractivity contribution is 6.04. The first-order valence-corrected chi connectivity index (χ1v) is 6.26. The first kappa shape index (κ1) is 16.6. The van der Waals surface area contributed by atoms with Crippen molar-refractivity contribution in [3.05, 3.63) is 53.1 Å². The van der Waals surface area contributed by atoms with Crippen LogP contribution in [0.25, 0.3) is 0 Å². The number of ether oxygens (including phenoxy) is 2. The van der Waals surface area contributed by atoms with Crippen LogP contribution >= 0.6 is 0 Å². The van der Waals surface area contributed by atoms with Crippen LogP contribution in [0, 0.1) is 23.3 Å². The Kier molecular flexibility index (Phi) is 4.73.